The number of halogens is 2. The Labute approximate surface area is 142 Å². The van der Waals surface area contributed by atoms with Gasteiger partial charge in [0.15, 0.2) is 5.96 Å². The third-order valence-corrected chi connectivity index (χ3v) is 3.69. The summed E-state index contributed by atoms with van der Waals surface area (Å²) in [5.41, 5.74) is 8.34. The van der Waals surface area contributed by atoms with Gasteiger partial charge in [0.2, 0.25) is 0 Å². The molecule has 1 aliphatic carbocycles. The number of guanidine groups is 1. The van der Waals surface area contributed by atoms with Gasteiger partial charge in [-0.05, 0) is 37.5 Å². The summed E-state index contributed by atoms with van der Waals surface area (Å²) in [6, 6.07) is 8.04. The van der Waals surface area contributed by atoms with Crippen LogP contribution in [0.5, 0.6) is 0 Å². The van der Waals surface area contributed by atoms with Crippen molar-refractivity contribution in [2.45, 2.75) is 25.2 Å². The Morgan fingerprint density at radius 1 is 1.40 bits per heavy atom. The van der Waals surface area contributed by atoms with Crippen molar-refractivity contribution in [3.8, 4) is 0 Å². The minimum atomic E-state index is 0. The van der Waals surface area contributed by atoms with E-state index in [4.69, 9.17) is 17.3 Å². The van der Waals surface area contributed by atoms with Crippen LogP contribution < -0.4 is 11.1 Å². The van der Waals surface area contributed by atoms with Crippen LogP contribution in [0.1, 0.15) is 25.3 Å². The molecule has 3 nitrogen and oxygen atoms in total. The molecule has 1 aromatic carbocycles. The van der Waals surface area contributed by atoms with Gasteiger partial charge in [0.25, 0.3) is 0 Å². The van der Waals surface area contributed by atoms with Gasteiger partial charge < -0.3 is 11.1 Å². The second-order valence-corrected chi connectivity index (χ2v) is 5.74. The lowest BCUT2D eigenvalue weighted by molar-refractivity contribution is 0.701. The van der Waals surface area contributed by atoms with Crippen molar-refractivity contribution in [2.75, 3.05) is 13.1 Å². The van der Waals surface area contributed by atoms with Gasteiger partial charge >= 0.3 is 0 Å². The van der Waals surface area contributed by atoms with E-state index < -0.39 is 0 Å². The molecule has 110 valence electrons. The molecule has 0 heterocycles. The lowest BCUT2D eigenvalue weighted by Crippen LogP contribution is -2.33. The summed E-state index contributed by atoms with van der Waals surface area (Å²) in [5, 5.41) is 3.82. The zero-order chi connectivity index (χ0) is 13.9. The summed E-state index contributed by atoms with van der Waals surface area (Å²) >= 11 is 5.91. The van der Waals surface area contributed by atoms with E-state index in [1.807, 2.05) is 19.1 Å². The summed E-state index contributed by atoms with van der Waals surface area (Å²) < 4.78 is 0. The molecule has 0 saturated heterocycles. The molecule has 1 aliphatic rings. The molecule has 2 rings (SSSR count). The van der Waals surface area contributed by atoms with Crippen LogP contribution >= 0.6 is 35.6 Å². The van der Waals surface area contributed by atoms with Gasteiger partial charge in [-0.25, -0.2) is 0 Å². The lowest BCUT2D eigenvalue weighted by Gasteiger charge is -2.14. The molecule has 0 amide bonds. The first kappa shape index (κ1) is 17.3. The number of rotatable bonds is 5. The molecular weight excluding hydrogens is 385 g/mol. The summed E-state index contributed by atoms with van der Waals surface area (Å²) in [6.45, 7) is 7.17. The van der Waals surface area contributed by atoms with E-state index in [1.165, 1.54) is 5.56 Å². The van der Waals surface area contributed by atoms with Gasteiger partial charge in [-0.3, -0.25) is 4.99 Å². The maximum Gasteiger partial charge on any atom is 0.188 e. The predicted octanol–water partition coefficient (Wildman–Crippen LogP) is 3.47. The highest BCUT2D eigenvalue weighted by molar-refractivity contribution is 14.0. The molecule has 1 saturated carbocycles. The summed E-state index contributed by atoms with van der Waals surface area (Å²) in [6.07, 6.45) is 2.32. The van der Waals surface area contributed by atoms with E-state index in [-0.39, 0.29) is 29.4 Å². The SMILES string of the molecule is C=C(C)CNC(N)=NCC1(c2ccc(Cl)cc2)CC1.I. The van der Waals surface area contributed by atoms with Crippen LogP contribution in [0.25, 0.3) is 0 Å². The van der Waals surface area contributed by atoms with E-state index in [0.717, 1.165) is 30.0 Å². The molecule has 0 radical (unpaired) electrons. The number of hydrogen-bond donors (Lipinski definition) is 2. The number of aliphatic imine (C=N–C) groups is 1. The fourth-order valence-electron chi connectivity index (χ4n) is 2.03. The Morgan fingerprint density at radius 3 is 2.50 bits per heavy atom. The molecule has 0 spiro atoms. The first-order chi connectivity index (χ1) is 9.02. The summed E-state index contributed by atoms with van der Waals surface area (Å²) in [5.74, 6) is 0.489. The molecule has 0 unspecified atom stereocenters. The van der Waals surface area contributed by atoms with Crippen LogP contribution in [0.15, 0.2) is 41.4 Å². The Bertz CT molecular complexity index is 492. The maximum absolute atomic E-state index is 5.91. The monoisotopic (exact) mass is 405 g/mol. The Kier molecular flexibility index (Phi) is 6.33. The highest BCUT2D eigenvalue weighted by atomic mass is 127. The first-order valence-corrected chi connectivity index (χ1v) is 6.84. The second-order valence-electron chi connectivity index (χ2n) is 5.30. The molecule has 1 fully saturated rings. The van der Waals surface area contributed by atoms with Crippen molar-refractivity contribution < 1.29 is 0 Å². The van der Waals surface area contributed by atoms with Gasteiger partial charge in [0, 0.05) is 17.0 Å². The van der Waals surface area contributed by atoms with Gasteiger partial charge in [-0.15, -0.1) is 24.0 Å². The van der Waals surface area contributed by atoms with Crippen LogP contribution in [-0.2, 0) is 5.41 Å². The van der Waals surface area contributed by atoms with E-state index in [0.29, 0.717) is 12.5 Å². The smallest absolute Gasteiger partial charge is 0.188 e. The fourth-order valence-corrected chi connectivity index (χ4v) is 2.15. The quantitative estimate of drug-likeness (QED) is 0.341. The number of nitrogens with zero attached hydrogens (tertiary/aromatic N) is 1. The molecular formula is C15H21ClIN3. The number of benzene rings is 1. The number of nitrogens with one attached hydrogen (secondary N) is 1. The van der Waals surface area contributed by atoms with Crippen molar-refractivity contribution in [2.24, 2.45) is 10.7 Å². The summed E-state index contributed by atoms with van der Waals surface area (Å²) in [4.78, 5) is 4.44. The average molecular weight is 406 g/mol. The lowest BCUT2D eigenvalue weighted by atomic mass is 9.96. The van der Waals surface area contributed by atoms with Crippen LogP contribution in [0.2, 0.25) is 5.02 Å². The molecule has 0 aromatic heterocycles. The zero-order valence-corrected chi connectivity index (χ0v) is 14.7. The van der Waals surface area contributed by atoms with E-state index in [9.17, 15) is 0 Å². The predicted molar refractivity (Wildman–Crippen MR) is 97.1 cm³/mol. The number of nitrogens with two attached hydrogens (primary N) is 1. The average Bonchev–Trinajstić information content (AvgIpc) is 3.16. The van der Waals surface area contributed by atoms with Crippen LogP contribution in [-0.4, -0.2) is 19.0 Å². The second kappa shape index (κ2) is 7.31. The Balaban J connectivity index is 0.00000200. The third-order valence-electron chi connectivity index (χ3n) is 3.43. The van der Waals surface area contributed by atoms with Crippen LogP contribution in [0.3, 0.4) is 0 Å². The standard InChI is InChI=1S/C15H20ClN3.HI/c1-11(2)9-18-14(17)19-10-15(7-8-15)12-3-5-13(16)6-4-12;/h3-6H,1,7-10H2,2H3,(H3,17,18,19);1H. The molecule has 0 aliphatic heterocycles. The van der Waals surface area contributed by atoms with E-state index in [2.05, 4.69) is 29.0 Å². The van der Waals surface area contributed by atoms with Crippen LogP contribution in [0, 0.1) is 0 Å². The van der Waals surface area contributed by atoms with Crippen LogP contribution in [0.4, 0.5) is 0 Å². The van der Waals surface area contributed by atoms with Crippen molar-refractivity contribution in [1.29, 1.82) is 0 Å². The molecule has 5 heteroatoms. The molecule has 3 N–H and O–H groups in total. The van der Waals surface area contributed by atoms with Crippen molar-refractivity contribution in [1.82, 2.24) is 5.32 Å². The summed E-state index contributed by atoms with van der Waals surface area (Å²) in [7, 11) is 0. The van der Waals surface area contributed by atoms with Gasteiger partial charge in [-0.1, -0.05) is 35.9 Å². The van der Waals surface area contributed by atoms with E-state index >= 15 is 0 Å². The Hall–Kier alpha value is -0.750. The first-order valence-electron chi connectivity index (χ1n) is 6.46. The normalized spacial score (nSPS) is 16.2. The largest absolute Gasteiger partial charge is 0.370 e. The third kappa shape index (κ3) is 4.66. The molecule has 20 heavy (non-hydrogen) atoms. The fraction of sp³-hybridized carbons (Fsp3) is 0.400. The van der Waals surface area contributed by atoms with Gasteiger partial charge in [0.1, 0.15) is 0 Å². The minimum Gasteiger partial charge on any atom is -0.370 e. The molecule has 0 atom stereocenters. The van der Waals surface area contributed by atoms with Gasteiger partial charge in [0.05, 0.1) is 6.54 Å². The van der Waals surface area contributed by atoms with E-state index in [1.54, 1.807) is 0 Å². The highest BCUT2D eigenvalue weighted by Gasteiger charge is 2.44. The minimum absolute atomic E-state index is 0. The molecule has 1 aromatic rings. The molecule has 0 bridgehead atoms. The Morgan fingerprint density at radius 2 is 2.00 bits per heavy atom. The highest BCUT2D eigenvalue weighted by Crippen LogP contribution is 2.48. The van der Waals surface area contributed by atoms with Crippen molar-refractivity contribution >= 4 is 41.5 Å². The topological polar surface area (TPSA) is 50.4 Å². The zero-order valence-electron chi connectivity index (χ0n) is 11.7. The van der Waals surface area contributed by atoms with Crippen molar-refractivity contribution in [3.63, 3.8) is 0 Å². The number of hydrogen-bond acceptors (Lipinski definition) is 1. The maximum atomic E-state index is 5.91. The van der Waals surface area contributed by atoms with Crippen molar-refractivity contribution in [3.05, 3.63) is 47.0 Å². The van der Waals surface area contributed by atoms with Gasteiger partial charge in [-0.2, -0.15) is 0 Å².